The molecule has 0 spiro atoms. The van der Waals surface area contributed by atoms with Crippen molar-refractivity contribution in [1.82, 2.24) is 25.8 Å². The highest BCUT2D eigenvalue weighted by Gasteiger charge is 2.45. The third kappa shape index (κ3) is 19.2. The third-order valence-electron chi connectivity index (χ3n) is 11.5. The topological polar surface area (TPSA) is 299 Å². The Kier molecular flexibility index (Phi) is 23.6. The van der Waals surface area contributed by atoms with Gasteiger partial charge in [0.25, 0.3) is 17.7 Å². The lowest BCUT2D eigenvalue weighted by Gasteiger charge is -2.27. The predicted molar refractivity (Wildman–Crippen MR) is 278 cm³/mol. The summed E-state index contributed by atoms with van der Waals surface area (Å²) in [5.74, 6) is -2.63. The molecule has 4 aromatic rings. The molecule has 2 aliphatic rings. The van der Waals surface area contributed by atoms with Crippen LogP contribution in [-0.2, 0) is 44.2 Å². The predicted octanol–water partition coefficient (Wildman–Crippen LogP) is 7.07. The zero-order valence-electron chi connectivity index (χ0n) is 42.5. The van der Waals surface area contributed by atoms with Gasteiger partial charge in [-0.2, -0.15) is 18.3 Å². The molecular formula is C52H58ClF3N10O13. The quantitative estimate of drug-likeness (QED) is 0.0146. The first kappa shape index (κ1) is 60.4. The van der Waals surface area contributed by atoms with E-state index in [0.29, 0.717) is 88.5 Å². The number of hydrogen-bond donors (Lipinski definition) is 7. The van der Waals surface area contributed by atoms with E-state index in [1.165, 1.54) is 42.6 Å². The molecule has 0 radical (unpaired) electrons. The number of amides is 8. The van der Waals surface area contributed by atoms with Crippen molar-refractivity contribution in [2.75, 3.05) is 95.1 Å². The van der Waals surface area contributed by atoms with Gasteiger partial charge in [0.15, 0.2) is 0 Å². The van der Waals surface area contributed by atoms with E-state index in [-0.39, 0.29) is 79.7 Å². The van der Waals surface area contributed by atoms with Crippen molar-refractivity contribution < 1.29 is 75.2 Å². The fourth-order valence-electron chi connectivity index (χ4n) is 7.66. The molecule has 7 N–H and O–H groups in total. The number of carbonyl (C=O) groups excluding carboxylic acids is 7. The van der Waals surface area contributed by atoms with Gasteiger partial charge in [-0.15, -0.1) is 0 Å². The van der Waals surface area contributed by atoms with Crippen molar-refractivity contribution in [2.24, 2.45) is 5.11 Å². The number of pyridine rings is 1. The minimum atomic E-state index is -4.69. The maximum Gasteiger partial charge on any atom is 0.417 e. The monoisotopic (exact) mass is 1120 g/mol. The van der Waals surface area contributed by atoms with E-state index in [1.54, 1.807) is 30.5 Å². The van der Waals surface area contributed by atoms with Crippen LogP contribution in [0.1, 0.15) is 75.3 Å². The Bertz CT molecular complexity index is 2830. The van der Waals surface area contributed by atoms with Gasteiger partial charge >= 0.3 is 12.2 Å². The van der Waals surface area contributed by atoms with E-state index < -0.39 is 58.4 Å². The van der Waals surface area contributed by atoms with E-state index in [0.717, 1.165) is 23.5 Å². The molecule has 1 atom stereocenters. The van der Waals surface area contributed by atoms with Crippen molar-refractivity contribution >= 4 is 70.1 Å². The summed E-state index contributed by atoms with van der Waals surface area (Å²) in [7, 11) is 0. The number of nitrogens with one attached hydrogen (secondary N) is 7. The standard InChI is InChI=1S/C52H58ClF3N10O13/c53-40-13-10-34(29-39(40)52(54,55)56)62-51(73)61-33-8-11-36(12-9-33)79-37-16-18-59-42(30-37)47(69)60-19-20-74-21-22-75-23-24-76-25-26-77-27-28-78-32-35(65-57)31-58-17-3-1-2-7-44(67)63-41-6-4-5-38-46(41)50(72)66(49(38)71)43-14-15-45(68)64-48(43)70/h4-6,8-13,16,18,29-31,43,57-58H,1-3,7,14-15,17,19-28,32H2,(H,60,69)(H,63,67)(H2,61,62,73)(H,64,68,70)/b35-31-,65-57?. The summed E-state index contributed by atoms with van der Waals surface area (Å²) in [5, 5.41) is 18.5. The number of carbonyl (C=O) groups is 7. The second-order valence-corrected chi connectivity index (χ2v) is 17.7. The number of hydrogen-bond acceptors (Lipinski definition) is 17. The Morgan fingerprint density at radius 2 is 1.44 bits per heavy atom. The molecule has 0 bridgehead atoms. The van der Waals surface area contributed by atoms with Crippen LogP contribution < -0.4 is 36.6 Å². The van der Waals surface area contributed by atoms with Gasteiger partial charge in [0, 0.05) is 55.8 Å². The highest BCUT2D eigenvalue weighted by Crippen LogP contribution is 2.37. The van der Waals surface area contributed by atoms with Crippen molar-refractivity contribution in [3.05, 3.63) is 118 Å². The van der Waals surface area contributed by atoms with Gasteiger partial charge in [0.1, 0.15) is 28.9 Å². The molecule has 1 aromatic heterocycles. The lowest BCUT2D eigenvalue weighted by Crippen LogP contribution is -2.54. The molecule has 3 aromatic carbocycles. The summed E-state index contributed by atoms with van der Waals surface area (Å²) in [6.07, 6.45) is 0.483. The SMILES string of the molecule is N=N/C(=C\NCCCCCC(=O)Nc1cccc2c1C(=O)N(C1CCC(=O)NC1=O)C2=O)COCCOCCOCCOCCOCCNC(=O)c1cc(Oc2ccc(NC(=O)Nc3ccc(Cl)c(C(F)(F)F)c3)cc2)ccn1. The molecule has 8 amide bonds. The van der Waals surface area contributed by atoms with Gasteiger partial charge in [-0.3, -0.25) is 44.0 Å². The molecular weight excluding hydrogens is 1070 g/mol. The maximum absolute atomic E-state index is 13.3. The number of rotatable bonds is 32. The number of benzene rings is 3. The molecule has 6 rings (SSSR count). The molecule has 1 fully saturated rings. The highest BCUT2D eigenvalue weighted by molar-refractivity contribution is 6.31. The first-order valence-corrected chi connectivity index (χ1v) is 25.3. The Labute approximate surface area is 456 Å². The molecule has 27 heteroatoms. The smallest absolute Gasteiger partial charge is 0.417 e. The van der Waals surface area contributed by atoms with Crippen LogP contribution in [0.25, 0.3) is 0 Å². The molecule has 3 heterocycles. The van der Waals surface area contributed by atoms with Crippen LogP contribution in [0.2, 0.25) is 5.02 Å². The number of nitrogens with zero attached hydrogens (tertiary/aromatic N) is 3. The Hall–Kier alpha value is -7.88. The minimum Gasteiger partial charge on any atom is -0.457 e. The third-order valence-corrected chi connectivity index (χ3v) is 11.8. The summed E-state index contributed by atoms with van der Waals surface area (Å²) in [6, 6.07) is 14.8. The van der Waals surface area contributed by atoms with E-state index in [9.17, 15) is 46.7 Å². The van der Waals surface area contributed by atoms with Gasteiger partial charge in [-0.1, -0.05) is 24.1 Å². The van der Waals surface area contributed by atoms with Crippen LogP contribution >= 0.6 is 11.6 Å². The van der Waals surface area contributed by atoms with Gasteiger partial charge in [-0.25, -0.2) is 10.3 Å². The number of imide groups is 2. The molecule has 23 nitrogen and oxygen atoms in total. The number of anilines is 3. The average molecular weight is 1120 g/mol. The summed E-state index contributed by atoms with van der Waals surface area (Å²) >= 11 is 5.64. The molecule has 422 valence electrons. The van der Waals surface area contributed by atoms with Crippen molar-refractivity contribution in [1.29, 1.82) is 5.53 Å². The Morgan fingerprint density at radius 3 is 2.13 bits per heavy atom. The zero-order valence-corrected chi connectivity index (χ0v) is 43.3. The first-order valence-electron chi connectivity index (χ1n) is 24.9. The Morgan fingerprint density at radius 1 is 0.772 bits per heavy atom. The molecule has 79 heavy (non-hydrogen) atoms. The number of fused-ring (bicyclic) bond motifs is 1. The lowest BCUT2D eigenvalue weighted by atomic mass is 10.0. The average Bonchev–Trinajstić information content (AvgIpc) is 3.69. The molecule has 0 saturated carbocycles. The van der Waals surface area contributed by atoms with Crippen LogP contribution in [0.3, 0.4) is 0 Å². The number of ether oxygens (including phenoxy) is 6. The van der Waals surface area contributed by atoms with E-state index >= 15 is 0 Å². The summed E-state index contributed by atoms with van der Waals surface area (Å²) in [5.41, 5.74) is 7.33. The largest absolute Gasteiger partial charge is 0.457 e. The zero-order chi connectivity index (χ0) is 56.6. The fraction of sp³-hybridized carbons (Fsp3) is 0.385. The fourth-order valence-corrected chi connectivity index (χ4v) is 7.88. The van der Waals surface area contributed by atoms with E-state index in [2.05, 4.69) is 42.0 Å². The van der Waals surface area contributed by atoms with Gasteiger partial charge in [0.05, 0.1) is 93.5 Å². The van der Waals surface area contributed by atoms with Crippen LogP contribution in [0.4, 0.5) is 35.0 Å². The van der Waals surface area contributed by atoms with Crippen LogP contribution in [0.5, 0.6) is 11.5 Å². The van der Waals surface area contributed by atoms with Crippen LogP contribution in [-0.4, -0.2) is 137 Å². The number of piperidine rings is 1. The Balaban J connectivity index is 0.710. The van der Waals surface area contributed by atoms with Crippen molar-refractivity contribution in [3.63, 3.8) is 0 Å². The highest BCUT2D eigenvalue weighted by atomic mass is 35.5. The number of aromatic nitrogens is 1. The summed E-state index contributed by atoms with van der Waals surface area (Å²) in [6.45, 7) is 3.67. The van der Waals surface area contributed by atoms with E-state index in [4.69, 9.17) is 45.6 Å². The number of halogens is 4. The van der Waals surface area contributed by atoms with Gasteiger partial charge in [0.2, 0.25) is 17.7 Å². The van der Waals surface area contributed by atoms with E-state index in [1.807, 2.05) is 0 Å². The normalized spacial score (nSPS) is 14.4. The van der Waals surface area contributed by atoms with Gasteiger partial charge < -0.3 is 55.0 Å². The van der Waals surface area contributed by atoms with Crippen LogP contribution in [0.15, 0.2) is 96.0 Å². The summed E-state index contributed by atoms with van der Waals surface area (Å²) in [4.78, 5) is 93.0. The number of alkyl halides is 3. The first-order chi connectivity index (χ1) is 38.1. The molecule has 2 aliphatic heterocycles. The maximum atomic E-state index is 13.3. The summed E-state index contributed by atoms with van der Waals surface area (Å²) < 4.78 is 72.9. The molecule has 1 unspecified atom stereocenters. The van der Waals surface area contributed by atoms with Gasteiger partial charge in [-0.05, 0) is 79.9 Å². The molecule has 0 aliphatic carbocycles. The number of unbranched alkanes of at least 4 members (excludes halogenated alkanes) is 2. The van der Waals surface area contributed by atoms with Crippen molar-refractivity contribution in [3.8, 4) is 11.5 Å². The van der Waals surface area contributed by atoms with Crippen LogP contribution in [0, 0.1) is 5.53 Å². The second-order valence-electron chi connectivity index (χ2n) is 17.3. The number of urea groups is 1. The lowest BCUT2D eigenvalue weighted by molar-refractivity contribution is -0.138. The second kappa shape index (κ2) is 30.9. The molecule has 1 saturated heterocycles. The van der Waals surface area contributed by atoms with Crippen molar-refractivity contribution in [2.45, 2.75) is 50.7 Å². The minimum absolute atomic E-state index is 0.000877.